The Kier molecular flexibility index (Phi) is 10.9. The Morgan fingerprint density at radius 2 is 2.17 bits per heavy atom. The third-order valence-electron chi connectivity index (χ3n) is 4.86. The van der Waals surface area contributed by atoms with Gasteiger partial charge in [-0.05, 0) is 18.4 Å². The lowest BCUT2D eigenvalue weighted by Crippen LogP contribution is -2.49. The zero-order valence-electron chi connectivity index (χ0n) is 17.2. The van der Waals surface area contributed by atoms with Crippen LogP contribution in [0.25, 0.3) is 0 Å². The van der Waals surface area contributed by atoms with Crippen molar-refractivity contribution in [2.45, 2.75) is 39.4 Å². The molecule has 0 bridgehead atoms. The predicted molar refractivity (Wildman–Crippen MR) is 128 cm³/mol. The van der Waals surface area contributed by atoms with E-state index < -0.39 is 0 Å². The standard InChI is InChI=1S/C19H31N7OS.HI/c1-3-18-24-23-15-26(18)7-6-20-19(22-14-17-5-4-12-28-17)21-13-16(2)25-8-10-27-11-9-25;/h4-5,12,15-16H,3,6-11,13-14H2,1-2H3,(H2,20,21,22);1H. The van der Waals surface area contributed by atoms with E-state index in [4.69, 9.17) is 9.73 Å². The summed E-state index contributed by atoms with van der Waals surface area (Å²) in [5, 5.41) is 17.2. The van der Waals surface area contributed by atoms with Gasteiger partial charge in [0.25, 0.3) is 0 Å². The van der Waals surface area contributed by atoms with Crippen LogP contribution >= 0.6 is 35.3 Å². The number of aromatic nitrogens is 3. The molecule has 1 unspecified atom stereocenters. The van der Waals surface area contributed by atoms with Gasteiger partial charge in [-0.3, -0.25) is 4.90 Å². The first kappa shape index (κ1) is 24.0. The van der Waals surface area contributed by atoms with Gasteiger partial charge < -0.3 is 19.9 Å². The van der Waals surface area contributed by atoms with Gasteiger partial charge in [-0.15, -0.1) is 45.5 Å². The second-order valence-electron chi connectivity index (χ2n) is 6.84. The zero-order chi connectivity index (χ0) is 19.6. The Morgan fingerprint density at radius 1 is 1.34 bits per heavy atom. The average molecular weight is 533 g/mol. The number of hydrogen-bond acceptors (Lipinski definition) is 6. The van der Waals surface area contributed by atoms with Crippen LogP contribution in [0.15, 0.2) is 28.8 Å². The molecule has 3 rings (SSSR count). The maximum absolute atomic E-state index is 5.45. The van der Waals surface area contributed by atoms with Crippen molar-refractivity contribution >= 4 is 41.3 Å². The van der Waals surface area contributed by atoms with Crippen molar-refractivity contribution in [3.05, 3.63) is 34.5 Å². The molecule has 10 heteroatoms. The van der Waals surface area contributed by atoms with Gasteiger partial charge in [-0.25, -0.2) is 4.99 Å². The fourth-order valence-electron chi connectivity index (χ4n) is 3.16. The fraction of sp³-hybridized carbons (Fsp3) is 0.632. The molecule has 162 valence electrons. The number of guanidine groups is 1. The predicted octanol–water partition coefficient (Wildman–Crippen LogP) is 1.98. The molecular formula is C19H32IN7OS. The SMILES string of the molecule is CCc1nncn1CCNC(=NCc1cccs1)NCC(C)N1CCOCC1.I. The zero-order valence-corrected chi connectivity index (χ0v) is 20.4. The van der Waals surface area contributed by atoms with Crippen LogP contribution in [0, 0.1) is 0 Å². The summed E-state index contributed by atoms with van der Waals surface area (Å²) < 4.78 is 7.54. The summed E-state index contributed by atoms with van der Waals surface area (Å²) in [6.45, 7) is 11.1. The lowest BCUT2D eigenvalue weighted by molar-refractivity contribution is 0.0211. The molecule has 1 saturated heterocycles. The highest BCUT2D eigenvalue weighted by Gasteiger charge is 2.17. The normalized spacial score (nSPS) is 16.3. The van der Waals surface area contributed by atoms with E-state index >= 15 is 0 Å². The summed E-state index contributed by atoms with van der Waals surface area (Å²) in [5.74, 6) is 1.85. The highest BCUT2D eigenvalue weighted by molar-refractivity contribution is 14.0. The van der Waals surface area contributed by atoms with Gasteiger partial charge in [-0.1, -0.05) is 13.0 Å². The lowest BCUT2D eigenvalue weighted by atomic mass is 10.2. The monoisotopic (exact) mass is 533 g/mol. The van der Waals surface area contributed by atoms with Crippen LogP contribution < -0.4 is 10.6 Å². The molecule has 0 radical (unpaired) electrons. The number of aryl methyl sites for hydroxylation is 1. The largest absolute Gasteiger partial charge is 0.379 e. The van der Waals surface area contributed by atoms with E-state index in [1.807, 2.05) is 0 Å². The Balaban J connectivity index is 0.00000300. The molecule has 2 aromatic heterocycles. The number of rotatable bonds is 9. The maximum atomic E-state index is 5.45. The van der Waals surface area contributed by atoms with Gasteiger partial charge in [-0.2, -0.15) is 0 Å². The van der Waals surface area contributed by atoms with Crippen molar-refractivity contribution in [3.8, 4) is 0 Å². The molecular weight excluding hydrogens is 501 g/mol. The molecule has 0 spiro atoms. The van der Waals surface area contributed by atoms with Gasteiger partial charge >= 0.3 is 0 Å². The molecule has 0 saturated carbocycles. The molecule has 1 atom stereocenters. The van der Waals surface area contributed by atoms with E-state index in [1.54, 1.807) is 17.7 Å². The molecule has 3 heterocycles. The second-order valence-corrected chi connectivity index (χ2v) is 7.88. The van der Waals surface area contributed by atoms with Crippen LogP contribution in [-0.2, 0) is 24.2 Å². The molecule has 2 aromatic rings. The van der Waals surface area contributed by atoms with Crippen LogP contribution in [0.2, 0.25) is 0 Å². The van der Waals surface area contributed by atoms with Crippen LogP contribution in [0.4, 0.5) is 0 Å². The molecule has 0 aliphatic carbocycles. The van der Waals surface area contributed by atoms with Crippen molar-refractivity contribution in [2.75, 3.05) is 39.4 Å². The Labute approximate surface area is 194 Å². The average Bonchev–Trinajstić information content (AvgIpc) is 3.41. The Bertz CT molecular complexity index is 716. The van der Waals surface area contributed by atoms with Gasteiger partial charge in [0.05, 0.1) is 19.8 Å². The number of nitrogens with zero attached hydrogens (tertiary/aromatic N) is 5. The molecule has 1 aliphatic heterocycles. The number of halogens is 1. The minimum atomic E-state index is 0. The third kappa shape index (κ3) is 7.83. The number of hydrogen-bond donors (Lipinski definition) is 2. The van der Waals surface area contributed by atoms with E-state index in [-0.39, 0.29) is 24.0 Å². The summed E-state index contributed by atoms with van der Waals surface area (Å²) in [6.07, 6.45) is 2.67. The van der Waals surface area contributed by atoms with Crippen LogP contribution in [-0.4, -0.2) is 71.1 Å². The number of aliphatic imine (C=N–C) groups is 1. The van der Waals surface area contributed by atoms with Crippen molar-refractivity contribution < 1.29 is 4.74 Å². The minimum absolute atomic E-state index is 0. The van der Waals surface area contributed by atoms with Crippen molar-refractivity contribution in [1.82, 2.24) is 30.3 Å². The first-order valence-electron chi connectivity index (χ1n) is 9.99. The van der Waals surface area contributed by atoms with Gasteiger partial charge in [0, 0.05) is 50.1 Å². The van der Waals surface area contributed by atoms with Gasteiger partial charge in [0.2, 0.25) is 0 Å². The molecule has 1 aliphatic rings. The first-order valence-corrected chi connectivity index (χ1v) is 10.9. The van der Waals surface area contributed by atoms with E-state index in [9.17, 15) is 0 Å². The summed E-state index contributed by atoms with van der Waals surface area (Å²) in [5.41, 5.74) is 0. The van der Waals surface area contributed by atoms with Crippen LogP contribution in [0.3, 0.4) is 0 Å². The lowest BCUT2D eigenvalue weighted by Gasteiger charge is -2.32. The number of morpholine rings is 1. The highest BCUT2D eigenvalue weighted by Crippen LogP contribution is 2.09. The summed E-state index contributed by atoms with van der Waals surface area (Å²) in [6, 6.07) is 4.61. The minimum Gasteiger partial charge on any atom is -0.379 e. The van der Waals surface area contributed by atoms with Crippen LogP contribution in [0.1, 0.15) is 24.5 Å². The fourth-order valence-corrected chi connectivity index (χ4v) is 3.79. The molecule has 1 fully saturated rings. The van der Waals surface area contributed by atoms with E-state index in [1.165, 1.54) is 4.88 Å². The van der Waals surface area contributed by atoms with Crippen LogP contribution in [0.5, 0.6) is 0 Å². The molecule has 8 nitrogen and oxygen atoms in total. The molecule has 29 heavy (non-hydrogen) atoms. The number of thiophene rings is 1. The number of ether oxygens (including phenoxy) is 1. The van der Waals surface area contributed by atoms with E-state index in [0.717, 1.165) is 64.1 Å². The van der Waals surface area contributed by atoms with E-state index in [2.05, 4.69) is 61.7 Å². The molecule has 0 aromatic carbocycles. The summed E-state index contributed by atoms with van der Waals surface area (Å²) in [4.78, 5) is 8.48. The highest BCUT2D eigenvalue weighted by atomic mass is 127. The summed E-state index contributed by atoms with van der Waals surface area (Å²) >= 11 is 1.73. The second kappa shape index (κ2) is 13.1. The van der Waals surface area contributed by atoms with Gasteiger partial charge in [0.1, 0.15) is 12.2 Å². The van der Waals surface area contributed by atoms with Gasteiger partial charge in [0.15, 0.2) is 5.96 Å². The molecule has 0 amide bonds. The Hall–Kier alpha value is -1.24. The smallest absolute Gasteiger partial charge is 0.191 e. The molecule has 2 N–H and O–H groups in total. The Morgan fingerprint density at radius 3 is 2.90 bits per heavy atom. The topological polar surface area (TPSA) is 79.6 Å². The van der Waals surface area contributed by atoms with Crippen molar-refractivity contribution in [3.63, 3.8) is 0 Å². The summed E-state index contributed by atoms with van der Waals surface area (Å²) in [7, 11) is 0. The van der Waals surface area contributed by atoms with E-state index in [0.29, 0.717) is 12.6 Å². The first-order chi connectivity index (χ1) is 13.8. The maximum Gasteiger partial charge on any atom is 0.191 e. The van der Waals surface area contributed by atoms with Crippen molar-refractivity contribution in [1.29, 1.82) is 0 Å². The number of nitrogens with one attached hydrogen (secondary N) is 2. The third-order valence-corrected chi connectivity index (χ3v) is 5.73. The van der Waals surface area contributed by atoms with Crippen molar-refractivity contribution in [2.24, 2.45) is 4.99 Å². The quantitative estimate of drug-likeness (QED) is 0.292.